The highest BCUT2D eigenvalue weighted by Crippen LogP contribution is 2.20. The molecule has 0 saturated carbocycles. The lowest BCUT2D eigenvalue weighted by Crippen LogP contribution is -2.23. The van der Waals surface area contributed by atoms with Crippen LogP contribution in [0.1, 0.15) is 31.9 Å². The molecule has 0 spiro atoms. The van der Waals surface area contributed by atoms with Crippen molar-refractivity contribution >= 4 is 0 Å². The number of aromatic nitrogens is 1. The summed E-state index contributed by atoms with van der Waals surface area (Å²) in [6.45, 7) is 7.58. The van der Waals surface area contributed by atoms with Gasteiger partial charge in [0.1, 0.15) is 5.75 Å². The molecule has 0 saturated heterocycles. The standard InChI is InChI=1S/C15H26N2O3/c1-4-17-15(6-7-19-9-8-18-3)13-10-14(20-5-2)12-16-11-13/h10-12,15,17H,4-9H2,1-3H3. The molecule has 0 bridgehead atoms. The Hall–Kier alpha value is -1.17. The molecule has 1 aromatic rings. The van der Waals surface area contributed by atoms with Gasteiger partial charge in [-0.1, -0.05) is 6.92 Å². The summed E-state index contributed by atoms with van der Waals surface area (Å²) in [5, 5.41) is 3.45. The Morgan fingerprint density at radius 1 is 1.20 bits per heavy atom. The molecule has 0 fully saturated rings. The maximum atomic E-state index is 5.53. The molecule has 1 unspecified atom stereocenters. The molecule has 0 aliphatic rings. The zero-order chi connectivity index (χ0) is 14.6. The first kappa shape index (κ1) is 16.9. The molecule has 1 N–H and O–H groups in total. The van der Waals surface area contributed by atoms with Crippen molar-refractivity contribution in [1.82, 2.24) is 10.3 Å². The van der Waals surface area contributed by atoms with E-state index in [9.17, 15) is 0 Å². The number of nitrogens with one attached hydrogen (secondary N) is 1. The van der Waals surface area contributed by atoms with E-state index in [-0.39, 0.29) is 6.04 Å². The monoisotopic (exact) mass is 282 g/mol. The van der Waals surface area contributed by atoms with Gasteiger partial charge in [0.05, 0.1) is 26.0 Å². The summed E-state index contributed by atoms with van der Waals surface area (Å²) in [7, 11) is 1.68. The summed E-state index contributed by atoms with van der Waals surface area (Å²) >= 11 is 0. The van der Waals surface area contributed by atoms with Crippen LogP contribution in [0.4, 0.5) is 0 Å². The van der Waals surface area contributed by atoms with Crippen molar-refractivity contribution in [3.8, 4) is 5.75 Å². The highest BCUT2D eigenvalue weighted by molar-refractivity contribution is 5.26. The zero-order valence-electron chi connectivity index (χ0n) is 12.7. The molecule has 1 heterocycles. The smallest absolute Gasteiger partial charge is 0.137 e. The normalized spacial score (nSPS) is 12.3. The molecule has 20 heavy (non-hydrogen) atoms. The first-order chi connectivity index (χ1) is 9.81. The fraction of sp³-hybridized carbons (Fsp3) is 0.667. The predicted molar refractivity (Wildman–Crippen MR) is 79.1 cm³/mol. The first-order valence-corrected chi connectivity index (χ1v) is 7.19. The van der Waals surface area contributed by atoms with Crippen LogP contribution in [0.15, 0.2) is 18.5 Å². The van der Waals surface area contributed by atoms with Crippen molar-refractivity contribution in [2.75, 3.05) is 40.1 Å². The fourth-order valence-corrected chi connectivity index (χ4v) is 1.95. The second kappa shape index (κ2) is 10.6. The van der Waals surface area contributed by atoms with Crippen LogP contribution in [0, 0.1) is 0 Å². The highest BCUT2D eigenvalue weighted by atomic mass is 16.5. The van der Waals surface area contributed by atoms with E-state index >= 15 is 0 Å². The molecule has 1 aromatic heterocycles. The largest absolute Gasteiger partial charge is 0.492 e. The van der Waals surface area contributed by atoms with E-state index < -0.39 is 0 Å². The van der Waals surface area contributed by atoms with Gasteiger partial charge in [-0.15, -0.1) is 0 Å². The molecule has 0 aliphatic heterocycles. The number of methoxy groups -OCH3 is 1. The summed E-state index contributed by atoms with van der Waals surface area (Å²) in [6.07, 6.45) is 4.52. The molecular formula is C15H26N2O3. The van der Waals surface area contributed by atoms with Gasteiger partial charge in [-0.25, -0.2) is 0 Å². The number of nitrogens with zero attached hydrogens (tertiary/aromatic N) is 1. The highest BCUT2D eigenvalue weighted by Gasteiger charge is 2.11. The molecule has 5 nitrogen and oxygen atoms in total. The summed E-state index contributed by atoms with van der Waals surface area (Å²) in [6, 6.07) is 2.27. The van der Waals surface area contributed by atoms with Crippen LogP contribution in [-0.4, -0.2) is 45.1 Å². The Kier molecular flexibility index (Phi) is 8.95. The Morgan fingerprint density at radius 3 is 2.75 bits per heavy atom. The number of rotatable bonds is 11. The maximum absolute atomic E-state index is 5.53. The third-order valence-corrected chi connectivity index (χ3v) is 2.88. The van der Waals surface area contributed by atoms with Crippen molar-refractivity contribution < 1.29 is 14.2 Å². The lowest BCUT2D eigenvalue weighted by atomic mass is 10.1. The average Bonchev–Trinajstić information content (AvgIpc) is 2.46. The Morgan fingerprint density at radius 2 is 2.05 bits per heavy atom. The van der Waals surface area contributed by atoms with Crippen molar-refractivity contribution in [1.29, 1.82) is 0 Å². The molecule has 1 rings (SSSR count). The van der Waals surface area contributed by atoms with Gasteiger partial charge in [0.25, 0.3) is 0 Å². The van der Waals surface area contributed by atoms with Gasteiger partial charge >= 0.3 is 0 Å². The number of pyridine rings is 1. The van der Waals surface area contributed by atoms with Crippen molar-refractivity contribution in [2.24, 2.45) is 0 Å². The second-order valence-electron chi connectivity index (χ2n) is 4.39. The number of hydrogen-bond acceptors (Lipinski definition) is 5. The third-order valence-electron chi connectivity index (χ3n) is 2.88. The van der Waals surface area contributed by atoms with E-state index in [0.29, 0.717) is 26.4 Å². The molecule has 114 valence electrons. The summed E-state index contributed by atoms with van der Waals surface area (Å²) < 4.78 is 16.0. The minimum atomic E-state index is 0.232. The Labute approximate surface area is 121 Å². The zero-order valence-corrected chi connectivity index (χ0v) is 12.7. The van der Waals surface area contributed by atoms with E-state index in [1.165, 1.54) is 0 Å². The lowest BCUT2D eigenvalue weighted by Gasteiger charge is -2.18. The average molecular weight is 282 g/mol. The first-order valence-electron chi connectivity index (χ1n) is 7.19. The topological polar surface area (TPSA) is 52.6 Å². The predicted octanol–water partition coefficient (Wildman–Crippen LogP) is 2.18. The van der Waals surface area contributed by atoms with E-state index in [2.05, 4.69) is 17.2 Å². The lowest BCUT2D eigenvalue weighted by molar-refractivity contribution is 0.0658. The van der Waals surface area contributed by atoms with Gasteiger partial charge in [-0.2, -0.15) is 0 Å². The molecule has 1 atom stereocenters. The van der Waals surface area contributed by atoms with Crippen molar-refractivity contribution in [3.05, 3.63) is 24.0 Å². The van der Waals surface area contributed by atoms with Gasteiger partial charge in [0, 0.05) is 26.0 Å². The van der Waals surface area contributed by atoms with E-state index in [4.69, 9.17) is 14.2 Å². The number of hydrogen-bond donors (Lipinski definition) is 1. The minimum absolute atomic E-state index is 0.232. The maximum Gasteiger partial charge on any atom is 0.137 e. The number of ether oxygens (including phenoxy) is 3. The second-order valence-corrected chi connectivity index (χ2v) is 4.39. The van der Waals surface area contributed by atoms with Gasteiger partial charge in [0.2, 0.25) is 0 Å². The molecule has 5 heteroatoms. The van der Waals surface area contributed by atoms with Gasteiger partial charge in [0.15, 0.2) is 0 Å². The van der Waals surface area contributed by atoms with Gasteiger partial charge in [-0.05, 0) is 31.5 Å². The van der Waals surface area contributed by atoms with Crippen LogP contribution >= 0.6 is 0 Å². The molecular weight excluding hydrogens is 256 g/mol. The molecule has 0 amide bonds. The van der Waals surface area contributed by atoms with E-state index in [1.54, 1.807) is 13.3 Å². The Bertz CT molecular complexity index is 361. The molecule has 0 radical (unpaired) electrons. The van der Waals surface area contributed by atoms with Crippen molar-refractivity contribution in [3.63, 3.8) is 0 Å². The quantitative estimate of drug-likeness (QED) is 0.630. The summed E-state index contributed by atoms with van der Waals surface area (Å²) in [5.41, 5.74) is 1.13. The van der Waals surface area contributed by atoms with Gasteiger partial charge in [-0.3, -0.25) is 4.98 Å². The Balaban J connectivity index is 2.53. The third kappa shape index (κ3) is 6.32. The van der Waals surface area contributed by atoms with Crippen LogP contribution in [0.2, 0.25) is 0 Å². The van der Waals surface area contributed by atoms with Crippen LogP contribution in [0.25, 0.3) is 0 Å². The summed E-state index contributed by atoms with van der Waals surface area (Å²) in [5.74, 6) is 0.813. The minimum Gasteiger partial charge on any atom is -0.492 e. The van der Waals surface area contributed by atoms with Crippen LogP contribution in [0.5, 0.6) is 5.75 Å². The molecule has 0 aromatic carbocycles. The van der Waals surface area contributed by atoms with Crippen LogP contribution in [-0.2, 0) is 9.47 Å². The fourth-order valence-electron chi connectivity index (χ4n) is 1.95. The van der Waals surface area contributed by atoms with Crippen molar-refractivity contribution in [2.45, 2.75) is 26.3 Å². The summed E-state index contributed by atoms with van der Waals surface area (Å²) in [4.78, 5) is 4.24. The van der Waals surface area contributed by atoms with Crippen LogP contribution in [0.3, 0.4) is 0 Å². The van der Waals surface area contributed by atoms with Crippen LogP contribution < -0.4 is 10.1 Å². The SMILES string of the molecule is CCNC(CCOCCOC)c1cncc(OCC)c1. The van der Waals surface area contributed by atoms with E-state index in [0.717, 1.165) is 24.3 Å². The van der Waals surface area contributed by atoms with Gasteiger partial charge < -0.3 is 19.5 Å². The molecule has 0 aliphatic carbocycles. The van der Waals surface area contributed by atoms with E-state index in [1.807, 2.05) is 19.2 Å².